The molecule has 0 atom stereocenters. The topological polar surface area (TPSA) is 37.8 Å². The van der Waals surface area contributed by atoms with Crippen LogP contribution in [0.4, 0.5) is 5.82 Å². The number of nitrogens with one attached hydrogen (secondary N) is 1. The molecule has 0 bridgehead atoms. The molecule has 0 saturated heterocycles. The third kappa shape index (κ3) is 1.29. The monoisotopic (exact) mass is 221 g/mol. The highest BCUT2D eigenvalue weighted by atomic mass is 127. The average Bonchev–Trinajstić information content (AvgIpc) is 1.90. The van der Waals surface area contributed by atoms with Crippen LogP contribution in [0.25, 0.3) is 0 Å². The van der Waals surface area contributed by atoms with Gasteiger partial charge in [0, 0.05) is 12.4 Å². The van der Waals surface area contributed by atoms with E-state index in [0.29, 0.717) is 0 Å². The van der Waals surface area contributed by atoms with Gasteiger partial charge >= 0.3 is 0 Å². The van der Waals surface area contributed by atoms with Gasteiger partial charge in [-0.05, 0) is 0 Å². The Balaban J connectivity index is 2.83. The first kappa shape index (κ1) is 5.74. The number of rotatable bonds is 1. The van der Waals surface area contributed by atoms with Crippen molar-refractivity contribution in [2.75, 3.05) is 3.53 Å². The van der Waals surface area contributed by atoms with Gasteiger partial charge < -0.3 is 3.53 Å². The molecule has 1 aromatic rings. The van der Waals surface area contributed by atoms with Crippen molar-refractivity contribution < 1.29 is 0 Å². The summed E-state index contributed by atoms with van der Waals surface area (Å²) in [7, 11) is 0. The molecule has 1 N–H and O–H groups in total. The van der Waals surface area contributed by atoms with Crippen LogP contribution in [0.2, 0.25) is 0 Å². The van der Waals surface area contributed by atoms with E-state index in [4.69, 9.17) is 0 Å². The fourth-order valence-corrected chi connectivity index (χ4v) is 0.626. The van der Waals surface area contributed by atoms with Gasteiger partial charge in [-0.15, -0.1) is 0 Å². The number of nitrogens with zero attached hydrogens (tertiary/aromatic N) is 2. The first-order chi connectivity index (χ1) is 3.93. The number of aromatic nitrogens is 2. The molecule has 0 aliphatic rings. The van der Waals surface area contributed by atoms with Crippen molar-refractivity contribution in [1.29, 1.82) is 0 Å². The zero-order valence-corrected chi connectivity index (χ0v) is 6.16. The summed E-state index contributed by atoms with van der Waals surface area (Å²) in [5.74, 6) is 0.785. The molecule has 0 unspecified atom stereocenters. The maximum absolute atomic E-state index is 3.92. The molecule has 8 heavy (non-hydrogen) atoms. The van der Waals surface area contributed by atoms with Gasteiger partial charge in [0.15, 0.2) is 5.82 Å². The molecule has 0 aliphatic heterocycles. The lowest BCUT2D eigenvalue weighted by molar-refractivity contribution is 1.22. The number of hydrogen-bond acceptors (Lipinski definition) is 3. The zero-order chi connectivity index (χ0) is 5.82. The van der Waals surface area contributed by atoms with E-state index in [0.717, 1.165) is 5.82 Å². The quantitative estimate of drug-likeness (QED) is 0.572. The summed E-state index contributed by atoms with van der Waals surface area (Å²) in [5.41, 5.74) is 0. The Morgan fingerprint density at radius 1 is 1.50 bits per heavy atom. The summed E-state index contributed by atoms with van der Waals surface area (Å²) in [6.45, 7) is 0. The first-order valence-electron chi connectivity index (χ1n) is 2.06. The molecule has 0 aliphatic carbocycles. The molecule has 1 aromatic heterocycles. The van der Waals surface area contributed by atoms with Crippen molar-refractivity contribution in [3.63, 3.8) is 0 Å². The van der Waals surface area contributed by atoms with Crippen LogP contribution in [-0.4, -0.2) is 9.97 Å². The van der Waals surface area contributed by atoms with Crippen molar-refractivity contribution in [1.82, 2.24) is 9.97 Å². The van der Waals surface area contributed by atoms with E-state index in [1.165, 1.54) is 0 Å². The molecular formula is C4H4IN3. The maximum Gasteiger partial charge on any atom is 0.153 e. The van der Waals surface area contributed by atoms with Gasteiger partial charge in [0.25, 0.3) is 0 Å². The number of hydrogen-bond donors (Lipinski definition) is 1. The Kier molecular flexibility index (Phi) is 2.01. The molecular weight excluding hydrogens is 217 g/mol. The van der Waals surface area contributed by atoms with Crippen molar-refractivity contribution in [2.45, 2.75) is 0 Å². The highest BCUT2D eigenvalue weighted by molar-refractivity contribution is 14.1. The largest absolute Gasteiger partial charge is 0.312 e. The third-order valence-corrected chi connectivity index (χ3v) is 1.21. The summed E-state index contributed by atoms with van der Waals surface area (Å²) in [5, 5.41) is 0. The molecule has 42 valence electrons. The predicted octanol–water partition coefficient (Wildman–Crippen LogP) is 1.24. The Bertz CT molecular complexity index is 153. The predicted molar refractivity (Wildman–Crippen MR) is 39.7 cm³/mol. The van der Waals surface area contributed by atoms with E-state index in [-0.39, 0.29) is 0 Å². The standard InChI is InChI=1S/C4H4IN3/c5-8-4-3-6-1-2-7-4/h1-3H,(H,7,8). The van der Waals surface area contributed by atoms with Crippen molar-refractivity contribution in [3.8, 4) is 0 Å². The van der Waals surface area contributed by atoms with Crippen LogP contribution in [0.3, 0.4) is 0 Å². The molecule has 1 heterocycles. The van der Waals surface area contributed by atoms with Crippen molar-refractivity contribution in [3.05, 3.63) is 18.6 Å². The average molecular weight is 221 g/mol. The van der Waals surface area contributed by atoms with E-state index < -0.39 is 0 Å². The molecule has 1 rings (SSSR count). The molecule has 0 amide bonds. The highest BCUT2D eigenvalue weighted by Crippen LogP contribution is 1.98. The minimum absolute atomic E-state index is 0.785. The van der Waals surface area contributed by atoms with Gasteiger partial charge in [0.1, 0.15) is 0 Å². The van der Waals surface area contributed by atoms with Crippen LogP contribution >= 0.6 is 22.9 Å². The fraction of sp³-hybridized carbons (Fsp3) is 0. The smallest absolute Gasteiger partial charge is 0.153 e. The Morgan fingerprint density at radius 3 is 2.75 bits per heavy atom. The van der Waals surface area contributed by atoms with Gasteiger partial charge in [-0.2, -0.15) is 0 Å². The van der Waals surface area contributed by atoms with Crippen LogP contribution in [0.15, 0.2) is 18.6 Å². The van der Waals surface area contributed by atoms with Crippen molar-refractivity contribution in [2.24, 2.45) is 0 Å². The summed E-state index contributed by atoms with van der Waals surface area (Å²) < 4.78 is 2.82. The number of anilines is 1. The lowest BCUT2D eigenvalue weighted by Crippen LogP contribution is -1.83. The van der Waals surface area contributed by atoms with Crippen LogP contribution in [-0.2, 0) is 0 Å². The Hall–Kier alpha value is -0.390. The highest BCUT2D eigenvalue weighted by Gasteiger charge is 1.82. The lowest BCUT2D eigenvalue weighted by Gasteiger charge is -1.89. The van der Waals surface area contributed by atoms with Crippen LogP contribution in [0.1, 0.15) is 0 Å². The molecule has 0 saturated carbocycles. The minimum atomic E-state index is 0.785. The lowest BCUT2D eigenvalue weighted by atomic mass is 10.7. The van der Waals surface area contributed by atoms with Gasteiger partial charge in [-0.3, -0.25) is 4.98 Å². The Labute approximate surface area is 61.0 Å². The van der Waals surface area contributed by atoms with E-state index in [1.54, 1.807) is 18.6 Å². The maximum atomic E-state index is 3.92. The van der Waals surface area contributed by atoms with Crippen LogP contribution in [0.5, 0.6) is 0 Å². The van der Waals surface area contributed by atoms with E-state index in [9.17, 15) is 0 Å². The normalized spacial score (nSPS) is 8.62. The Morgan fingerprint density at radius 2 is 2.38 bits per heavy atom. The van der Waals surface area contributed by atoms with E-state index in [1.807, 2.05) is 22.9 Å². The third-order valence-electron chi connectivity index (χ3n) is 0.660. The summed E-state index contributed by atoms with van der Waals surface area (Å²) >= 11 is 2.00. The summed E-state index contributed by atoms with van der Waals surface area (Å²) in [6.07, 6.45) is 4.94. The first-order valence-corrected chi connectivity index (χ1v) is 3.14. The second-order valence-corrected chi connectivity index (χ2v) is 1.72. The molecule has 3 nitrogen and oxygen atoms in total. The second kappa shape index (κ2) is 2.81. The zero-order valence-electron chi connectivity index (χ0n) is 4.00. The van der Waals surface area contributed by atoms with Gasteiger partial charge in [0.2, 0.25) is 0 Å². The summed E-state index contributed by atoms with van der Waals surface area (Å²) in [6, 6.07) is 0. The summed E-state index contributed by atoms with van der Waals surface area (Å²) in [4.78, 5) is 7.74. The fourth-order valence-electron chi connectivity index (χ4n) is 0.348. The van der Waals surface area contributed by atoms with Crippen LogP contribution < -0.4 is 3.53 Å². The molecule has 0 spiro atoms. The number of halogens is 1. The van der Waals surface area contributed by atoms with Crippen LogP contribution in [0, 0.1) is 0 Å². The van der Waals surface area contributed by atoms with Gasteiger partial charge in [-0.25, -0.2) is 4.98 Å². The van der Waals surface area contributed by atoms with Crippen molar-refractivity contribution >= 4 is 28.7 Å². The minimum Gasteiger partial charge on any atom is -0.312 e. The second-order valence-electron chi connectivity index (χ2n) is 1.19. The van der Waals surface area contributed by atoms with E-state index >= 15 is 0 Å². The van der Waals surface area contributed by atoms with E-state index in [2.05, 4.69) is 13.5 Å². The molecule has 4 heteroatoms. The van der Waals surface area contributed by atoms with Gasteiger partial charge in [0.05, 0.1) is 29.1 Å². The molecule has 0 aromatic carbocycles. The molecule has 0 fully saturated rings. The molecule has 0 radical (unpaired) electrons. The van der Waals surface area contributed by atoms with Gasteiger partial charge in [-0.1, -0.05) is 0 Å². The SMILES string of the molecule is INc1cnccn1.